The van der Waals surface area contributed by atoms with Crippen molar-refractivity contribution in [2.75, 3.05) is 31.1 Å². The third kappa shape index (κ3) is 2.97. The molecule has 1 fully saturated rings. The molecule has 24 heavy (non-hydrogen) atoms. The third-order valence-corrected chi connectivity index (χ3v) is 4.41. The summed E-state index contributed by atoms with van der Waals surface area (Å²) in [6.45, 7) is 4.66. The first-order valence-electron chi connectivity index (χ1n) is 8.14. The molecule has 0 bridgehead atoms. The van der Waals surface area contributed by atoms with Crippen LogP contribution in [0.1, 0.15) is 11.1 Å². The molecule has 120 valence electrons. The molecule has 1 saturated heterocycles. The zero-order valence-electron chi connectivity index (χ0n) is 13.4. The van der Waals surface area contributed by atoms with Crippen LogP contribution in [0.2, 0.25) is 0 Å². The lowest BCUT2D eigenvalue weighted by molar-refractivity contribution is 0.245. The fourth-order valence-corrected chi connectivity index (χ4v) is 3.04. The quantitative estimate of drug-likeness (QED) is 0.743. The zero-order valence-corrected chi connectivity index (χ0v) is 13.4. The van der Waals surface area contributed by atoms with Crippen LogP contribution in [0.25, 0.3) is 11.1 Å². The minimum atomic E-state index is 0.708. The molecular formula is C19H18N4O. The molecule has 0 saturated carbocycles. The van der Waals surface area contributed by atoms with Gasteiger partial charge in [-0.2, -0.15) is 10.2 Å². The Kier molecular flexibility index (Phi) is 3.89. The fraction of sp³-hybridized carbons (Fsp3) is 0.263. The Balaban J connectivity index is 1.38. The summed E-state index contributed by atoms with van der Waals surface area (Å²) in [6, 6.07) is 18.6. The highest BCUT2D eigenvalue weighted by Crippen LogP contribution is 2.22. The van der Waals surface area contributed by atoms with Crippen molar-refractivity contribution in [1.82, 2.24) is 9.88 Å². The van der Waals surface area contributed by atoms with Gasteiger partial charge in [-0.15, -0.1) is 0 Å². The minimum absolute atomic E-state index is 0.708. The number of nitrogens with zero attached hydrogens (tertiary/aromatic N) is 4. The molecule has 1 aliphatic rings. The van der Waals surface area contributed by atoms with E-state index >= 15 is 0 Å². The number of rotatable bonds is 3. The van der Waals surface area contributed by atoms with E-state index in [0.29, 0.717) is 11.6 Å². The molecule has 0 radical (unpaired) electrons. The average Bonchev–Trinajstić information content (AvgIpc) is 3.07. The lowest BCUT2D eigenvalue weighted by Crippen LogP contribution is -2.46. The van der Waals surface area contributed by atoms with E-state index in [1.54, 1.807) is 0 Å². The van der Waals surface area contributed by atoms with Gasteiger partial charge in [0.2, 0.25) is 0 Å². The van der Waals surface area contributed by atoms with Gasteiger partial charge in [0.05, 0.1) is 11.6 Å². The Morgan fingerprint density at radius 2 is 1.75 bits per heavy atom. The lowest BCUT2D eigenvalue weighted by atomic mass is 10.1. The molecule has 0 atom stereocenters. The molecule has 5 heteroatoms. The van der Waals surface area contributed by atoms with Gasteiger partial charge >= 0.3 is 0 Å². The second-order valence-corrected chi connectivity index (χ2v) is 6.04. The standard InChI is InChI=1S/C19H18N4O/c20-13-15-5-7-16(8-6-15)14-22-9-11-23(12-10-22)19-21-17-3-1-2-4-18(17)24-19/h1-8H,9-12,14H2. The van der Waals surface area contributed by atoms with E-state index in [1.807, 2.05) is 48.5 Å². The van der Waals surface area contributed by atoms with Gasteiger partial charge in [-0.25, -0.2) is 0 Å². The number of aromatic nitrogens is 1. The summed E-state index contributed by atoms with van der Waals surface area (Å²) < 4.78 is 5.85. The summed E-state index contributed by atoms with van der Waals surface area (Å²) in [5.41, 5.74) is 3.70. The van der Waals surface area contributed by atoms with Crippen molar-refractivity contribution in [3.8, 4) is 6.07 Å². The van der Waals surface area contributed by atoms with Crippen LogP contribution in [-0.2, 0) is 6.54 Å². The number of para-hydroxylation sites is 2. The van der Waals surface area contributed by atoms with Crippen LogP contribution in [0.15, 0.2) is 52.9 Å². The van der Waals surface area contributed by atoms with Crippen LogP contribution in [0.5, 0.6) is 0 Å². The van der Waals surface area contributed by atoms with Gasteiger partial charge in [-0.1, -0.05) is 24.3 Å². The van der Waals surface area contributed by atoms with Crippen molar-refractivity contribution in [3.05, 3.63) is 59.7 Å². The second-order valence-electron chi connectivity index (χ2n) is 6.04. The molecule has 4 rings (SSSR count). The van der Waals surface area contributed by atoms with Crippen LogP contribution in [0.4, 0.5) is 6.01 Å². The van der Waals surface area contributed by atoms with E-state index in [1.165, 1.54) is 5.56 Å². The fourth-order valence-electron chi connectivity index (χ4n) is 3.04. The largest absolute Gasteiger partial charge is 0.423 e. The van der Waals surface area contributed by atoms with E-state index in [0.717, 1.165) is 43.8 Å². The van der Waals surface area contributed by atoms with Crippen LogP contribution in [0.3, 0.4) is 0 Å². The Bertz CT molecular complexity index is 837. The van der Waals surface area contributed by atoms with Crippen LogP contribution >= 0.6 is 0 Å². The van der Waals surface area contributed by atoms with Gasteiger partial charge < -0.3 is 9.32 Å². The Labute approximate surface area is 140 Å². The Morgan fingerprint density at radius 3 is 2.46 bits per heavy atom. The molecule has 1 aliphatic heterocycles. The van der Waals surface area contributed by atoms with Crippen molar-refractivity contribution in [2.24, 2.45) is 0 Å². The van der Waals surface area contributed by atoms with E-state index < -0.39 is 0 Å². The lowest BCUT2D eigenvalue weighted by Gasteiger charge is -2.33. The predicted octanol–water partition coefficient (Wildman–Crippen LogP) is 3.02. The van der Waals surface area contributed by atoms with Gasteiger partial charge in [0, 0.05) is 32.7 Å². The van der Waals surface area contributed by atoms with Crippen molar-refractivity contribution in [3.63, 3.8) is 0 Å². The summed E-state index contributed by atoms with van der Waals surface area (Å²) in [6.07, 6.45) is 0. The van der Waals surface area contributed by atoms with Gasteiger partial charge in [0.1, 0.15) is 5.52 Å². The maximum atomic E-state index is 8.86. The predicted molar refractivity (Wildman–Crippen MR) is 92.7 cm³/mol. The molecule has 2 heterocycles. The number of nitriles is 1. The maximum Gasteiger partial charge on any atom is 0.298 e. The molecule has 0 N–H and O–H groups in total. The summed E-state index contributed by atoms with van der Waals surface area (Å²) in [5, 5.41) is 8.86. The number of fused-ring (bicyclic) bond motifs is 1. The first-order chi connectivity index (χ1) is 11.8. The molecule has 0 amide bonds. The normalized spacial score (nSPS) is 15.5. The van der Waals surface area contributed by atoms with E-state index in [9.17, 15) is 0 Å². The number of hydrogen-bond donors (Lipinski definition) is 0. The number of benzene rings is 2. The summed E-state index contributed by atoms with van der Waals surface area (Å²) in [5.74, 6) is 0. The van der Waals surface area contributed by atoms with Crippen molar-refractivity contribution >= 4 is 17.1 Å². The molecule has 5 nitrogen and oxygen atoms in total. The Hall–Kier alpha value is -2.84. The minimum Gasteiger partial charge on any atom is -0.423 e. The van der Waals surface area contributed by atoms with Crippen molar-refractivity contribution < 1.29 is 4.42 Å². The number of anilines is 1. The number of oxazole rings is 1. The molecule has 2 aromatic carbocycles. The highest BCUT2D eigenvalue weighted by molar-refractivity contribution is 5.74. The molecule has 0 spiro atoms. The van der Waals surface area contributed by atoms with Gasteiger partial charge in [0.25, 0.3) is 6.01 Å². The maximum absolute atomic E-state index is 8.86. The van der Waals surface area contributed by atoms with Crippen LogP contribution in [-0.4, -0.2) is 36.1 Å². The van der Waals surface area contributed by atoms with E-state index in [2.05, 4.69) is 20.9 Å². The average molecular weight is 318 g/mol. The number of piperazine rings is 1. The van der Waals surface area contributed by atoms with Crippen LogP contribution in [0, 0.1) is 11.3 Å². The zero-order chi connectivity index (χ0) is 16.4. The first kappa shape index (κ1) is 14.7. The highest BCUT2D eigenvalue weighted by atomic mass is 16.4. The Morgan fingerprint density at radius 1 is 1.00 bits per heavy atom. The molecule has 0 aliphatic carbocycles. The second kappa shape index (κ2) is 6.34. The molecule has 3 aromatic rings. The van der Waals surface area contributed by atoms with Gasteiger partial charge in [-0.3, -0.25) is 4.90 Å². The van der Waals surface area contributed by atoms with Crippen LogP contribution < -0.4 is 4.90 Å². The van der Waals surface area contributed by atoms with Gasteiger partial charge in [-0.05, 0) is 29.8 Å². The molecular weight excluding hydrogens is 300 g/mol. The third-order valence-electron chi connectivity index (χ3n) is 4.41. The summed E-state index contributed by atoms with van der Waals surface area (Å²) in [4.78, 5) is 9.20. The molecule has 0 unspecified atom stereocenters. The van der Waals surface area contributed by atoms with Crippen molar-refractivity contribution in [1.29, 1.82) is 5.26 Å². The van der Waals surface area contributed by atoms with E-state index in [4.69, 9.17) is 9.68 Å². The molecule has 1 aromatic heterocycles. The SMILES string of the molecule is N#Cc1ccc(CN2CCN(c3nc4ccccc4o3)CC2)cc1. The van der Waals surface area contributed by atoms with Gasteiger partial charge in [0.15, 0.2) is 5.58 Å². The smallest absolute Gasteiger partial charge is 0.298 e. The number of hydrogen-bond acceptors (Lipinski definition) is 5. The van der Waals surface area contributed by atoms with Crippen molar-refractivity contribution in [2.45, 2.75) is 6.54 Å². The topological polar surface area (TPSA) is 56.3 Å². The summed E-state index contributed by atoms with van der Waals surface area (Å²) in [7, 11) is 0. The van der Waals surface area contributed by atoms with E-state index in [-0.39, 0.29) is 0 Å². The summed E-state index contributed by atoms with van der Waals surface area (Å²) >= 11 is 0. The monoisotopic (exact) mass is 318 g/mol. The first-order valence-corrected chi connectivity index (χ1v) is 8.14. The highest BCUT2D eigenvalue weighted by Gasteiger charge is 2.21.